The van der Waals surface area contributed by atoms with Gasteiger partial charge in [0.15, 0.2) is 0 Å². The van der Waals surface area contributed by atoms with Crippen LogP contribution < -0.4 is 10.2 Å². The molecule has 2 amide bonds. The molecule has 1 aliphatic rings. The Morgan fingerprint density at radius 2 is 1.70 bits per heavy atom. The fraction of sp³-hybridized carbons (Fsp3) is 0.286. The Kier molecular flexibility index (Phi) is 4.99. The lowest BCUT2D eigenvalue weighted by Crippen LogP contribution is -2.41. The Labute approximate surface area is 157 Å². The quantitative estimate of drug-likeness (QED) is 0.871. The van der Waals surface area contributed by atoms with Crippen molar-refractivity contribution in [2.45, 2.75) is 33.2 Å². The van der Waals surface area contributed by atoms with E-state index in [9.17, 15) is 14.4 Å². The summed E-state index contributed by atoms with van der Waals surface area (Å²) in [5.41, 5.74) is 4.36. The summed E-state index contributed by atoms with van der Waals surface area (Å²) < 4.78 is 0. The Morgan fingerprint density at radius 1 is 1.07 bits per heavy atom. The molecule has 0 aromatic heterocycles. The van der Waals surface area contributed by atoms with Gasteiger partial charge in [-0.1, -0.05) is 23.8 Å². The van der Waals surface area contributed by atoms with Crippen molar-refractivity contribution in [2.75, 3.05) is 11.4 Å². The first-order chi connectivity index (χ1) is 12.8. The number of aryl methyl sites for hydroxylation is 3. The summed E-state index contributed by atoms with van der Waals surface area (Å²) in [5.74, 6) is -1.69. The molecule has 2 aromatic rings. The van der Waals surface area contributed by atoms with E-state index in [-0.39, 0.29) is 17.0 Å². The van der Waals surface area contributed by atoms with Crippen molar-refractivity contribution in [3.63, 3.8) is 0 Å². The van der Waals surface area contributed by atoms with Crippen LogP contribution in [-0.4, -0.2) is 35.5 Å². The highest BCUT2D eigenvalue weighted by molar-refractivity contribution is 6.05. The van der Waals surface area contributed by atoms with Gasteiger partial charge in [0, 0.05) is 17.8 Å². The minimum Gasteiger partial charge on any atom is -0.478 e. The van der Waals surface area contributed by atoms with Crippen molar-refractivity contribution < 1.29 is 19.5 Å². The molecule has 1 saturated heterocycles. The second kappa shape index (κ2) is 7.23. The number of rotatable bonds is 4. The summed E-state index contributed by atoms with van der Waals surface area (Å²) in [5, 5.41) is 11.8. The predicted molar refractivity (Wildman–Crippen MR) is 102 cm³/mol. The average molecular weight is 366 g/mol. The van der Waals surface area contributed by atoms with Gasteiger partial charge >= 0.3 is 5.97 Å². The number of nitrogens with one attached hydrogen (secondary N) is 1. The molecule has 6 heteroatoms. The van der Waals surface area contributed by atoms with Crippen LogP contribution in [0.25, 0.3) is 0 Å². The molecule has 0 spiro atoms. The van der Waals surface area contributed by atoms with Crippen LogP contribution in [0.2, 0.25) is 0 Å². The van der Waals surface area contributed by atoms with Gasteiger partial charge in [0.25, 0.3) is 5.91 Å². The van der Waals surface area contributed by atoms with Crippen LogP contribution in [0.15, 0.2) is 36.4 Å². The van der Waals surface area contributed by atoms with Gasteiger partial charge in [-0.05, 0) is 56.5 Å². The maximum atomic E-state index is 12.9. The normalized spacial score (nSPS) is 16.5. The number of benzene rings is 2. The molecule has 0 saturated carbocycles. The zero-order valence-electron chi connectivity index (χ0n) is 15.6. The monoisotopic (exact) mass is 366 g/mol. The second-order valence-corrected chi connectivity index (χ2v) is 6.94. The molecular weight excluding hydrogens is 344 g/mol. The highest BCUT2D eigenvalue weighted by atomic mass is 16.4. The summed E-state index contributed by atoms with van der Waals surface area (Å²) in [6.07, 6.45) is 0.510. The van der Waals surface area contributed by atoms with Crippen molar-refractivity contribution in [1.29, 1.82) is 0 Å². The predicted octanol–water partition coefficient (Wildman–Crippen LogP) is 2.85. The molecule has 0 bridgehead atoms. The van der Waals surface area contributed by atoms with E-state index < -0.39 is 17.9 Å². The molecule has 2 aromatic carbocycles. The molecule has 1 unspecified atom stereocenters. The molecule has 2 N–H and O–H groups in total. The maximum absolute atomic E-state index is 12.9. The van der Waals surface area contributed by atoms with Crippen LogP contribution in [0.3, 0.4) is 0 Å². The van der Waals surface area contributed by atoms with Gasteiger partial charge in [-0.2, -0.15) is 0 Å². The van der Waals surface area contributed by atoms with Crippen molar-refractivity contribution >= 4 is 23.5 Å². The Hall–Kier alpha value is -3.15. The van der Waals surface area contributed by atoms with Crippen LogP contribution >= 0.6 is 0 Å². The van der Waals surface area contributed by atoms with Crippen molar-refractivity contribution in [2.24, 2.45) is 0 Å². The van der Waals surface area contributed by atoms with E-state index in [1.54, 1.807) is 4.90 Å². The summed E-state index contributed by atoms with van der Waals surface area (Å²) in [6, 6.07) is 9.24. The molecule has 1 heterocycles. The van der Waals surface area contributed by atoms with Crippen LogP contribution in [0.1, 0.15) is 43.8 Å². The zero-order chi connectivity index (χ0) is 19.7. The first-order valence-corrected chi connectivity index (χ1v) is 8.81. The number of carbonyl (C=O) groups is 3. The fourth-order valence-electron chi connectivity index (χ4n) is 3.67. The third kappa shape index (κ3) is 3.69. The standard InChI is InChI=1S/C21H22N2O4/c1-12-9-13(2)18(14(3)10-12)23-8-7-17(20(23)25)22-19(24)15-5-4-6-16(11-15)21(26)27/h4-6,9-11,17H,7-8H2,1-3H3,(H,22,24)(H,26,27). The molecule has 0 aliphatic carbocycles. The molecule has 1 fully saturated rings. The van der Waals surface area contributed by atoms with Gasteiger partial charge in [-0.25, -0.2) is 4.79 Å². The van der Waals surface area contributed by atoms with Gasteiger partial charge in [0.1, 0.15) is 6.04 Å². The fourth-order valence-corrected chi connectivity index (χ4v) is 3.67. The topological polar surface area (TPSA) is 86.7 Å². The summed E-state index contributed by atoms with van der Waals surface area (Å²) in [6.45, 7) is 6.51. The number of amides is 2. The van der Waals surface area contributed by atoms with Gasteiger partial charge in [-0.3, -0.25) is 9.59 Å². The molecule has 0 radical (unpaired) electrons. The van der Waals surface area contributed by atoms with Gasteiger partial charge in [0.05, 0.1) is 5.56 Å². The smallest absolute Gasteiger partial charge is 0.335 e. The molecule has 6 nitrogen and oxygen atoms in total. The van der Waals surface area contributed by atoms with E-state index in [4.69, 9.17) is 5.11 Å². The van der Waals surface area contributed by atoms with E-state index in [1.165, 1.54) is 24.3 Å². The second-order valence-electron chi connectivity index (χ2n) is 6.94. The molecular formula is C21H22N2O4. The average Bonchev–Trinajstić information content (AvgIpc) is 2.95. The molecule has 1 aliphatic heterocycles. The number of carboxylic acids is 1. The number of hydrogen-bond acceptors (Lipinski definition) is 3. The Morgan fingerprint density at radius 3 is 2.33 bits per heavy atom. The highest BCUT2D eigenvalue weighted by Gasteiger charge is 2.35. The number of aromatic carboxylic acids is 1. The van der Waals surface area contributed by atoms with Gasteiger partial charge in [0.2, 0.25) is 5.91 Å². The minimum atomic E-state index is -1.10. The van der Waals surface area contributed by atoms with E-state index in [2.05, 4.69) is 5.32 Å². The van der Waals surface area contributed by atoms with Crippen LogP contribution in [0.5, 0.6) is 0 Å². The van der Waals surface area contributed by atoms with Crippen LogP contribution in [0.4, 0.5) is 5.69 Å². The first kappa shape index (κ1) is 18.6. The highest BCUT2D eigenvalue weighted by Crippen LogP contribution is 2.30. The lowest BCUT2D eigenvalue weighted by atomic mass is 10.0. The van der Waals surface area contributed by atoms with E-state index in [1.807, 2.05) is 32.9 Å². The first-order valence-electron chi connectivity index (χ1n) is 8.81. The van der Waals surface area contributed by atoms with Crippen molar-refractivity contribution in [1.82, 2.24) is 5.32 Å². The third-order valence-electron chi connectivity index (χ3n) is 4.79. The maximum Gasteiger partial charge on any atom is 0.335 e. The van der Waals surface area contributed by atoms with Crippen molar-refractivity contribution in [3.05, 3.63) is 64.2 Å². The van der Waals surface area contributed by atoms with Crippen molar-refractivity contribution in [3.8, 4) is 0 Å². The minimum absolute atomic E-state index is 0.0351. The third-order valence-corrected chi connectivity index (χ3v) is 4.79. The lowest BCUT2D eigenvalue weighted by molar-refractivity contribution is -0.118. The van der Waals surface area contributed by atoms with Crippen LogP contribution in [0, 0.1) is 20.8 Å². The summed E-state index contributed by atoms with van der Waals surface area (Å²) >= 11 is 0. The number of carboxylic acid groups (broad SMARTS) is 1. The Bertz CT molecular complexity index is 913. The molecule has 3 rings (SSSR count). The van der Waals surface area contributed by atoms with E-state index in [0.29, 0.717) is 13.0 Å². The zero-order valence-corrected chi connectivity index (χ0v) is 15.6. The molecule has 27 heavy (non-hydrogen) atoms. The molecule has 1 atom stereocenters. The van der Waals surface area contributed by atoms with Crippen LogP contribution in [-0.2, 0) is 4.79 Å². The number of hydrogen-bond donors (Lipinski definition) is 2. The lowest BCUT2D eigenvalue weighted by Gasteiger charge is -2.22. The van der Waals surface area contributed by atoms with Gasteiger partial charge < -0.3 is 15.3 Å². The van der Waals surface area contributed by atoms with Gasteiger partial charge in [-0.15, -0.1) is 0 Å². The van der Waals surface area contributed by atoms with E-state index in [0.717, 1.165) is 22.4 Å². The number of anilines is 1. The summed E-state index contributed by atoms with van der Waals surface area (Å²) in [7, 11) is 0. The van der Waals surface area contributed by atoms with E-state index >= 15 is 0 Å². The molecule has 140 valence electrons. The summed E-state index contributed by atoms with van der Waals surface area (Å²) in [4.78, 5) is 38.1. The number of carbonyl (C=O) groups excluding carboxylic acids is 2. The number of nitrogens with zero attached hydrogens (tertiary/aromatic N) is 1. The SMILES string of the molecule is Cc1cc(C)c(N2CCC(NC(=O)c3cccc(C(=O)O)c3)C2=O)c(C)c1. The Balaban J connectivity index is 1.77. The largest absolute Gasteiger partial charge is 0.478 e.